The Morgan fingerprint density at radius 2 is 2.06 bits per heavy atom. The second-order valence-electron chi connectivity index (χ2n) is 7.83. The van der Waals surface area contributed by atoms with Crippen LogP contribution in [0.4, 0.5) is 18.9 Å². The van der Waals surface area contributed by atoms with Gasteiger partial charge in [0.05, 0.1) is 23.5 Å². The number of aromatic nitrogens is 1. The Morgan fingerprint density at radius 1 is 1.24 bits per heavy atom. The van der Waals surface area contributed by atoms with Gasteiger partial charge in [-0.25, -0.2) is 4.79 Å². The van der Waals surface area contributed by atoms with Crippen LogP contribution in [0, 0.1) is 6.92 Å². The summed E-state index contributed by atoms with van der Waals surface area (Å²) >= 11 is 0. The number of nitrogens with zero attached hydrogens (tertiary/aromatic N) is 1. The van der Waals surface area contributed by atoms with E-state index in [1.54, 1.807) is 18.2 Å². The summed E-state index contributed by atoms with van der Waals surface area (Å²) in [6.07, 6.45) is -1.44. The molecule has 2 heterocycles. The number of aromatic carboxylic acids is 1. The summed E-state index contributed by atoms with van der Waals surface area (Å²) in [6, 6.07) is 12.4. The summed E-state index contributed by atoms with van der Waals surface area (Å²) < 4.78 is 42.0. The predicted octanol–water partition coefficient (Wildman–Crippen LogP) is 4.95. The predicted molar refractivity (Wildman–Crippen MR) is 117 cm³/mol. The third-order valence-electron chi connectivity index (χ3n) is 5.52. The van der Waals surface area contributed by atoms with Crippen molar-refractivity contribution in [1.82, 2.24) is 10.3 Å². The van der Waals surface area contributed by atoms with Gasteiger partial charge in [0.25, 0.3) is 0 Å². The molecular weight excluding hydrogens is 435 g/mol. The van der Waals surface area contributed by atoms with Crippen LogP contribution in [0.2, 0.25) is 0 Å². The number of hydrogen-bond acceptors (Lipinski definition) is 5. The molecule has 172 valence electrons. The summed E-state index contributed by atoms with van der Waals surface area (Å²) in [7, 11) is 0. The van der Waals surface area contributed by atoms with E-state index in [9.17, 15) is 23.1 Å². The molecule has 3 N–H and O–H groups in total. The first-order chi connectivity index (χ1) is 15.7. The number of nitrogens with one attached hydrogen (secondary N) is 2. The van der Waals surface area contributed by atoms with Gasteiger partial charge in [-0.05, 0) is 59.0 Å². The number of carboxylic acids is 1. The zero-order valence-electron chi connectivity index (χ0n) is 17.7. The van der Waals surface area contributed by atoms with Crippen molar-refractivity contribution in [3.63, 3.8) is 0 Å². The molecule has 3 aromatic rings. The lowest BCUT2D eigenvalue weighted by Crippen LogP contribution is -2.22. The fourth-order valence-corrected chi connectivity index (χ4v) is 3.94. The Labute approximate surface area is 188 Å². The smallest absolute Gasteiger partial charge is 0.422 e. The molecule has 1 aliphatic heterocycles. The van der Waals surface area contributed by atoms with Gasteiger partial charge < -0.3 is 20.5 Å². The van der Waals surface area contributed by atoms with Crippen LogP contribution in [0.3, 0.4) is 0 Å². The molecule has 0 fully saturated rings. The highest BCUT2D eigenvalue weighted by Gasteiger charge is 2.28. The number of carbonyl (C=O) groups is 1. The van der Waals surface area contributed by atoms with Gasteiger partial charge in [-0.3, -0.25) is 4.98 Å². The minimum atomic E-state index is -4.38. The van der Waals surface area contributed by atoms with Crippen molar-refractivity contribution >= 4 is 11.7 Å². The molecule has 6 nitrogen and oxygen atoms in total. The summed E-state index contributed by atoms with van der Waals surface area (Å²) in [5.74, 6) is -0.840. The number of ether oxygens (including phenoxy) is 1. The molecule has 2 aromatic carbocycles. The number of carboxylic acid groups (broad SMARTS) is 1. The van der Waals surface area contributed by atoms with Gasteiger partial charge in [0, 0.05) is 19.3 Å². The lowest BCUT2D eigenvalue weighted by Gasteiger charge is -2.16. The fraction of sp³-hybridized carbons (Fsp3) is 0.250. The first kappa shape index (κ1) is 22.6. The lowest BCUT2D eigenvalue weighted by molar-refractivity contribution is -0.153. The molecule has 0 saturated heterocycles. The standard InChI is InChI=1S/C24H22F3N3O3/c1-14-8-17(33-13-24(25,26)27)3-5-18(14)15-2-4-19-16(9-15)10-29-22(19)12-30-21-11-28-7-6-20(21)23(31)32/h2-9,11,22,29-30H,10,12-13H2,1H3,(H,31,32)/t22-/m1/s1. The van der Waals surface area contributed by atoms with E-state index < -0.39 is 18.8 Å². The molecule has 4 rings (SSSR count). The zero-order valence-corrected chi connectivity index (χ0v) is 17.7. The Balaban J connectivity index is 1.47. The minimum absolute atomic E-state index is 0.00450. The summed E-state index contributed by atoms with van der Waals surface area (Å²) in [5, 5.41) is 15.9. The van der Waals surface area contributed by atoms with E-state index in [2.05, 4.69) is 21.7 Å². The van der Waals surface area contributed by atoms with Gasteiger partial charge in [-0.2, -0.15) is 13.2 Å². The SMILES string of the molecule is Cc1cc(OCC(F)(F)F)ccc1-c1ccc2c(c1)CN[C@@H]2CNc1cnccc1C(=O)O. The molecule has 33 heavy (non-hydrogen) atoms. The van der Waals surface area contributed by atoms with Gasteiger partial charge in [0.15, 0.2) is 6.61 Å². The summed E-state index contributed by atoms with van der Waals surface area (Å²) in [6.45, 7) is 1.66. The molecule has 0 bridgehead atoms. The maximum absolute atomic E-state index is 12.4. The zero-order chi connectivity index (χ0) is 23.6. The molecule has 0 radical (unpaired) electrons. The van der Waals surface area contributed by atoms with Crippen molar-refractivity contribution in [1.29, 1.82) is 0 Å². The number of rotatable bonds is 7. The summed E-state index contributed by atoms with van der Waals surface area (Å²) in [4.78, 5) is 15.4. The molecule has 0 spiro atoms. The van der Waals surface area contributed by atoms with E-state index in [1.807, 2.05) is 19.1 Å². The van der Waals surface area contributed by atoms with Crippen LogP contribution in [0.25, 0.3) is 11.1 Å². The van der Waals surface area contributed by atoms with E-state index >= 15 is 0 Å². The van der Waals surface area contributed by atoms with Crippen molar-refractivity contribution in [3.8, 4) is 16.9 Å². The van der Waals surface area contributed by atoms with Crippen molar-refractivity contribution in [2.75, 3.05) is 18.5 Å². The van der Waals surface area contributed by atoms with Crippen LogP contribution < -0.4 is 15.4 Å². The highest BCUT2D eigenvalue weighted by molar-refractivity contribution is 5.93. The second-order valence-corrected chi connectivity index (χ2v) is 7.83. The molecule has 9 heteroatoms. The number of benzene rings is 2. The van der Waals surface area contributed by atoms with Crippen LogP contribution >= 0.6 is 0 Å². The number of halogens is 3. The molecule has 1 aliphatic rings. The third-order valence-corrected chi connectivity index (χ3v) is 5.52. The molecule has 0 aliphatic carbocycles. The summed E-state index contributed by atoms with van der Waals surface area (Å²) in [5.41, 5.74) is 5.54. The van der Waals surface area contributed by atoms with Gasteiger partial charge in [0.2, 0.25) is 0 Å². The molecule has 0 amide bonds. The van der Waals surface area contributed by atoms with Gasteiger partial charge in [-0.15, -0.1) is 0 Å². The molecule has 1 aromatic heterocycles. The number of aryl methyl sites for hydroxylation is 1. The molecule has 0 unspecified atom stereocenters. The van der Waals surface area contributed by atoms with E-state index in [0.717, 1.165) is 27.8 Å². The van der Waals surface area contributed by atoms with E-state index in [4.69, 9.17) is 4.74 Å². The van der Waals surface area contributed by atoms with Gasteiger partial charge in [-0.1, -0.05) is 18.2 Å². The van der Waals surface area contributed by atoms with Crippen molar-refractivity contribution in [3.05, 3.63) is 77.1 Å². The van der Waals surface area contributed by atoms with Crippen molar-refractivity contribution < 1.29 is 27.8 Å². The Hall–Kier alpha value is -3.59. The molecular formula is C24H22F3N3O3. The average molecular weight is 457 g/mol. The highest BCUT2D eigenvalue weighted by atomic mass is 19.4. The number of pyridine rings is 1. The Kier molecular flexibility index (Phi) is 6.24. The first-order valence-electron chi connectivity index (χ1n) is 10.3. The lowest BCUT2D eigenvalue weighted by atomic mass is 9.95. The number of anilines is 1. The second kappa shape index (κ2) is 9.11. The van der Waals surface area contributed by atoms with Crippen LogP contribution in [-0.4, -0.2) is 35.4 Å². The quantitative estimate of drug-likeness (QED) is 0.466. The highest BCUT2D eigenvalue weighted by Crippen LogP contribution is 2.33. The minimum Gasteiger partial charge on any atom is -0.484 e. The van der Waals surface area contributed by atoms with Gasteiger partial charge in [0.1, 0.15) is 5.75 Å². The van der Waals surface area contributed by atoms with Crippen LogP contribution in [0.5, 0.6) is 5.75 Å². The Morgan fingerprint density at radius 3 is 2.79 bits per heavy atom. The fourth-order valence-electron chi connectivity index (χ4n) is 3.94. The normalized spacial score (nSPS) is 15.2. The monoisotopic (exact) mass is 457 g/mol. The largest absolute Gasteiger partial charge is 0.484 e. The van der Waals surface area contributed by atoms with E-state index in [-0.39, 0.29) is 17.4 Å². The molecule has 0 saturated carbocycles. The van der Waals surface area contributed by atoms with Crippen molar-refractivity contribution in [2.45, 2.75) is 25.7 Å². The van der Waals surface area contributed by atoms with Crippen LogP contribution in [0.15, 0.2) is 54.9 Å². The number of hydrogen-bond donors (Lipinski definition) is 3. The van der Waals surface area contributed by atoms with E-state index in [0.29, 0.717) is 18.8 Å². The molecule has 1 atom stereocenters. The maximum Gasteiger partial charge on any atom is 0.422 e. The van der Waals surface area contributed by atoms with Crippen LogP contribution in [0.1, 0.15) is 33.1 Å². The average Bonchev–Trinajstić information content (AvgIpc) is 3.18. The maximum atomic E-state index is 12.4. The third kappa shape index (κ3) is 5.25. The number of alkyl halides is 3. The van der Waals surface area contributed by atoms with Crippen LogP contribution in [-0.2, 0) is 6.54 Å². The van der Waals surface area contributed by atoms with Crippen molar-refractivity contribution in [2.24, 2.45) is 0 Å². The number of fused-ring (bicyclic) bond motifs is 1. The Bertz CT molecular complexity index is 1180. The topological polar surface area (TPSA) is 83.5 Å². The van der Waals surface area contributed by atoms with Gasteiger partial charge >= 0.3 is 12.1 Å². The first-order valence-corrected chi connectivity index (χ1v) is 10.3. The van der Waals surface area contributed by atoms with E-state index in [1.165, 1.54) is 18.5 Å².